The molecule has 0 fully saturated rings. The largest absolute Gasteiger partial charge is 0.462 e. The number of amides is 1. The first-order valence-electron chi connectivity index (χ1n) is 8.49. The summed E-state index contributed by atoms with van der Waals surface area (Å²) in [6.45, 7) is 2.01. The van der Waals surface area contributed by atoms with Crippen LogP contribution in [0.1, 0.15) is 17.3 Å². The van der Waals surface area contributed by atoms with Crippen LogP contribution >= 0.6 is 11.6 Å². The van der Waals surface area contributed by atoms with Crippen LogP contribution in [0.5, 0.6) is 0 Å². The zero-order chi connectivity index (χ0) is 21.7. The molecule has 0 unspecified atom stereocenters. The smallest absolute Gasteiger partial charge is 0.338 e. The fourth-order valence-electron chi connectivity index (χ4n) is 2.49. The van der Waals surface area contributed by atoms with Crippen molar-refractivity contribution in [2.24, 2.45) is 19.8 Å². The lowest BCUT2D eigenvalue weighted by Gasteiger charge is -2.04. The molecule has 29 heavy (non-hydrogen) atoms. The second kappa shape index (κ2) is 9.20. The molecule has 11 heteroatoms. The number of nitrogens with two attached hydrogens (primary N) is 1. The van der Waals surface area contributed by atoms with Crippen LogP contribution in [0, 0.1) is 0 Å². The second-order valence-corrected chi connectivity index (χ2v) is 6.38. The van der Waals surface area contributed by atoms with E-state index in [0.717, 1.165) is 4.57 Å². The molecule has 1 amide bonds. The summed E-state index contributed by atoms with van der Waals surface area (Å²) in [5, 5.41) is 0.614. The number of hydrogen-bond acceptors (Lipinski definition) is 6. The zero-order valence-corrected chi connectivity index (χ0v) is 16.8. The van der Waals surface area contributed by atoms with Crippen LogP contribution in [-0.4, -0.2) is 37.2 Å². The highest BCUT2D eigenvalue weighted by Gasteiger charge is 2.14. The summed E-state index contributed by atoms with van der Waals surface area (Å²) in [5.41, 5.74) is 5.05. The van der Waals surface area contributed by atoms with Gasteiger partial charge in [-0.15, -0.1) is 0 Å². The minimum Gasteiger partial charge on any atom is -0.462 e. The van der Waals surface area contributed by atoms with E-state index in [1.54, 1.807) is 31.2 Å². The fourth-order valence-corrected chi connectivity index (χ4v) is 2.61. The molecule has 2 heterocycles. The maximum absolute atomic E-state index is 11.9. The number of fused-ring (bicyclic) bond motifs is 1. The van der Waals surface area contributed by atoms with Gasteiger partial charge >= 0.3 is 11.7 Å². The summed E-state index contributed by atoms with van der Waals surface area (Å²) < 4.78 is 8.32. The first-order chi connectivity index (χ1) is 13.7. The number of esters is 1. The number of imidazole rings is 1. The number of carbonyl (C=O) groups is 2. The average Bonchev–Trinajstić information content (AvgIpc) is 3.09. The third-order valence-corrected chi connectivity index (χ3v) is 4.15. The maximum atomic E-state index is 11.9. The molecule has 154 valence electrons. The number of carbonyl (C=O) groups excluding carboxylic acids is 2. The Labute approximate surface area is 170 Å². The van der Waals surface area contributed by atoms with Gasteiger partial charge in [0.05, 0.1) is 18.5 Å². The molecular formula is C18H20ClN5O5. The number of ether oxygens (including phenoxy) is 1. The molecular weight excluding hydrogens is 402 g/mol. The number of aryl methyl sites for hydroxylation is 1. The van der Waals surface area contributed by atoms with E-state index in [-0.39, 0.29) is 23.7 Å². The van der Waals surface area contributed by atoms with Crippen molar-refractivity contribution in [2.75, 3.05) is 6.61 Å². The standard InChI is InChI=1S/C9H9ClO2.C9H11N5O3/c1-2-12-9(11)7-3-5-8(10)6-4-7;1-12-7-6(8(16)13(2)9(12)17)14(4-11-7)3-5(10)15/h3-6H,2H2,1H3;4H,3H2,1-2H3,(H2,10,15). The van der Waals surface area contributed by atoms with Crippen molar-refractivity contribution in [3.05, 3.63) is 62.0 Å². The number of benzene rings is 1. The first kappa shape index (κ1) is 21.9. The summed E-state index contributed by atoms with van der Waals surface area (Å²) >= 11 is 5.64. The number of halogens is 1. The highest BCUT2D eigenvalue weighted by atomic mass is 35.5. The number of primary amides is 1. The normalized spacial score (nSPS) is 10.3. The van der Waals surface area contributed by atoms with Gasteiger partial charge in [-0.1, -0.05) is 11.6 Å². The Bertz CT molecular complexity index is 1160. The number of aromatic nitrogens is 4. The van der Waals surface area contributed by atoms with Crippen LogP contribution in [0.15, 0.2) is 40.2 Å². The molecule has 0 bridgehead atoms. The Balaban J connectivity index is 0.000000221. The summed E-state index contributed by atoms with van der Waals surface area (Å²) in [6, 6.07) is 6.60. The van der Waals surface area contributed by atoms with Gasteiger partial charge in [-0.05, 0) is 31.2 Å². The van der Waals surface area contributed by atoms with Crippen molar-refractivity contribution >= 4 is 34.6 Å². The van der Waals surface area contributed by atoms with Crippen LogP contribution in [0.2, 0.25) is 5.02 Å². The van der Waals surface area contributed by atoms with E-state index in [1.807, 2.05) is 0 Å². The highest BCUT2D eigenvalue weighted by Crippen LogP contribution is 2.10. The predicted molar refractivity (Wildman–Crippen MR) is 107 cm³/mol. The number of rotatable bonds is 4. The van der Waals surface area contributed by atoms with Crippen LogP contribution in [0.25, 0.3) is 11.2 Å². The molecule has 3 rings (SSSR count). The van der Waals surface area contributed by atoms with Crippen LogP contribution in [0.4, 0.5) is 0 Å². The van der Waals surface area contributed by atoms with Crippen molar-refractivity contribution in [2.45, 2.75) is 13.5 Å². The van der Waals surface area contributed by atoms with Gasteiger partial charge in [-0.25, -0.2) is 14.6 Å². The summed E-state index contributed by atoms with van der Waals surface area (Å²) in [7, 11) is 2.87. The van der Waals surface area contributed by atoms with Crippen LogP contribution in [-0.2, 0) is 30.2 Å². The zero-order valence-electron chi connectivity index (χ0n) is 16.1. The van der Waals surface area contributed by atoms with Gasteiger partial charge in [0, 0.05) is 19.1 Å². The average molecular weight is 422 g/mol. The Hall–Kier alpha value is -3.40. The Morgan fingerprint density at radius 3 is 2.31 bits per heavy atom. The third-order valence-electron chi connectivity index (χ3n) is 3.90. The van der Waals surface area contributed by atoms with Gasteiger partial charge in [0.2, 0.25) is 5.91 Å². The molecule has 0 aliphatic carbocycles. The first-order valence-corrected chi connectivity index (χ1v) is 8.87. The summed E-state index contributed by atoms with van der Waals surface area (Å²) in [4.78, 5) is 49.4. The van der Waals surface area contributed by atoms with Gasteiger partial charge in [-0.3, -0.25) is 18.7 Å². The molecule has 0 aliphatic rings. The third kappa shape index (κ3) is 4.91. The SMILES string of the molecule is CCOC(=O)c1ccc(Cl)cc1.Cn1c(=O)c2c(ncn2CC(N)=O)n(C)c1=O. The lowest BCUT2D eigenvalue weighted by atomic mass is 10.2. The van der Waals surface area contributed by atoms with E-state index >= 15 is 0 Å². The lowest BCUT2D eigenvalue weighted by molar-refractivity contribution is -0.118. The van der Waals surface area contributed by atoms with Gasteiger partial charge in [0.1, 0.15) is 6.54 Å². The summed E-state index contributed by atoms with van der Waals surface area (Å²) in [6.07, 6.45) is 1.32. The van der Waals surface area contributed by atoms with Crippen LogP contribution in [0.3, 0.4) is 0 Å². The topological polar surface area (TPSA) is 131 Å². The quantitative estimate of drug-likeness (QED) is 0.608. The van der Waals surface area contributed by atoms with Gasteiger partial charge < -0.3 is 15.0 Å². The summed E-state index contributed by atoms with van der Waals surface area (Å²) in [5.74, 6) is -0.894. The molecule has 0 radical (unpaired) electrons. The van der Waals surface area contributed by atoms with Crippen LogP contribution < -0.4 is 17.0 Å². The molecule has 1 aromatic carbocycles. The monoisotopic (exact) mass is 421 g/mol. The van der Waals surface area contributed by atoms with Crippen molar-refractivity contribution in [1.82, 2.24) is 18.7 Å². The van der Waals surface area contributed by atoms with E-state index in [2.05, 4.69) is 4.98 Å². The number of hydrogen-bond donors (Lipinski definition) is 1. The molecule has 2 N–H and O–H groups in total. The minimum atomic E-state index is -0.583. The molecule has 3 aromatic rings. The Kier molecular flexibility index (Phi) is 6.94. The van der Waals surface area contributed by atoms with Gasteiger partial charge in [0.25, 0.3) is 5.56 Å². The molecule has 0 atom stereocenters. The van der Waals surface area contributed by atoms with Gasteiger partial charge in [-0.2, -0.15) is 0 Å². The van der Waals surface area contributed by atoms with Crippen molar-refractivity contribution in [1.29, 1.82) is 0 Å². The second-order valence-electron chi connectivity index (χ2n) is 5.94. The maximum Gasteiger partial charge on any atom is 0.338 e. The van der Waals surface area contributed by atoms with Crippen molar-refractivity contribution in [3.63, 3.8) is 0 Å². The van der Waals surface area contributed by atoms with E-state index in [1.165, 1.54) is 29.6 Å². The molecule has 10 nitrogen and oxygen atoms in total. The molecule has 0 aliphatic heterocycles. The van der Waals surface area contributed by atoms with Crippen molar-refractivity contribution < 1.29 is 14.3 Å². The van der Waals surface area contributed by atoms with Gasteiger partial charge in [0.15, 0.2) is 11.2 Å². The fraction of sp³-hybridized carbons (Fsp3) is 0.278. The Morgan fingerprint density at radius 2 is 1.76 bits per heavy atom. The highest BCUT2D eigenvalue weighted by molar-refractivity contribution is 6.30. The molecule has 2 aromatic heterocycles. The molecule has 0 saturated carbocycles. The lowest BCUT2D eigenvalue weighted by Crippen LogP contribution is -2.37. The molecule has 0 spiro atoms. The minimum absolute atomic E-state index is 0.149. The Morgan fingerprint density at radius 1 is 1.14 bits per heavy atom. The van der Waals surface area contributed by atoms with E-state index in [9.17, 15) is 19.2 Å². The predicted octanol–water partition coefficient (Wildman–Crippen LogP) is 0.436. The van der Waals surface area contributed by atoms with E-state index < -0.39 is 17.2 Å². The van der Waals surface area contributed by atoms with E-state index in [0.29, 0.717) is 17.2 Å². The van der Waals surface area contributed by atoms with E-state index in [4.69, 9.17) is 22.1 Å². The number of nitrogens with zero attached hydrogens (tertiary/aromatic N) is 4. The molecule has 0 saturated heterocycles. The van der Waals surface area contributed by atoms with Crippen molar-refractivity contribution in [3.8, 4) is 0 Å².